The maximum atomic E-state index is 12.0. The van der Waals surface area contributed by atoms with Gasteiger partial charge in [-0.15, -0.1) is 10.2 Å². The molecule has 4 rings (SSSR count). The first-order valence-corrected chi connectivity index (χ1v) is 9.21. The van der Waals surface area contributed by atoms with Crippen molar-refractivity contribution in [2.75, 3.05) is 7.11 Å². The molecule has 7 nitrogen and oxygen atoms in total. The molecule has 142 valence electrons. The average molecular weight is 375 g/mol. The van der Waals surface area contributed by atoms with Crippen LogP contribution < -0.4 is 0 Å². The van der Waals surface area contributed by atoms with E-state index in [-0.39, 0.29) is 5.97 Å². The van der Waals surface area contributed by atoms with Crippen LogP contribution in [0.4, 0.5) is 0 Å². The summed E-state index contributed by atoms with van der Waals surface area (Å²) in [6.45, 7) is 0.735. The van der Waals surface area contributed by atoms with Crippen molar-refractivity contribution in [1.82, 2.24) is 25.2 Å². The van der Waals surface area contributed by atoms with Gasteiger partial charge in [0.05, 0.1) is 12.7 Å². The Kier molecular flexibility index (Phi) is 5.14. The van der Waals surface area contributed by atoms with E-state index in [0.29, 0.717) is 17.8 Å². The number of carbonyl (C=O) groups excluding carboxylic acids is 1. The van der Waals surface area contributed by atoms with E-state index in [1.165, 1.54) is 18.2 Å². The Morgan fingerprint density at radius 1 is 1.11 bits per heavy atom. The number of aromatic amines is 1. The summed E-state index contributed by atoms with van der Waals surface area (Å²) in [5.41, 5.74) is 4.14. The van der Waals surface area contributed by atoms with Crippen LogP contribution in [-0.4, -0.2) is 38.3 Å². The lowest BCUT2D eigenvalue weighted by Gasteiger charge is -2.04. The lowest BCUT2D eigenvalue weighted by atomic mass is 10.0. The van der Waals surface area contributed by atoms with E-state index in [1.807, 2.05) is 18.2 Å². The van der Waals surface area contributed by atoms with Gasteiger partial charge >= 0.3 is 5.97 Å². The van der Waals surface area contributed by atoms with Gasteiger partial charge in [-0.1, -0.05) is 35.5 Å². The third-order valence-electron chi connectivity index (χ3n) is 4.88. The van der Waals surface area contributed by atoms with E-state index in [9.17, 15) is 4.79 Å². The van der Waals surface area contributed by atoms with Crippen LogP contribution >= 0.6 is 0 Å². The maximum absolute atomic E-state index is 12.0. The molecule has 0 saturated carbocycles. The number of methoxy groups -OCH3 is 1. The Labute approximate surface area is 162 Å². The molecule has 4 aromatic rings. The fourth-order valence-electron chi connectivity index (χ4n) is 3.43. The number of aryl methyl sites for hydroxylation is 4. The molecule has 0 aliphatic carbocycles. The number of aromatic nitrogens is 5. The lowest BCUT2D eigenvalue weighted by Crippen LogP contribution is -2.03. The van der Waals surface area contributed by atoms with E-state index < -0.39 is 0 Å². The smallest absolute Gasteiger partial charge is 0.337 e. The van der Waals surface area contributed by atoms with Crippen molar-refractivity contribution in [1.29, 1.82) is 0 Å². The van der Waals surface area contributed by atoms with Crippen molar-refractivity contribution in [2.45, 2.75) is 25.8 Å². The number of rotatable bonds is 7. The highest BCUT2D eigenvalue weighted by Crippen LogP contribution is 2.25. The predicted octanol–water partition coefficient (Wildman–Crippen LogP) is 2.97. The number of H-pyrrole nitrogens is 1. The van der Waals surface area contributed by atoms with Crippen LogP contribution in [0.3, 0.4) is 0 Å². The van der Waals surface area contributed by atoms with Crippen molar-refractivity contribution in [2.24, 2.45) is 0 Å². The van der Waals surface area contributed by atoms with Gasteiger partial charge in [-0.05, 0) is 42.2 Å². The molecular weight excluding hydrogens is 354 g/mol. The fraction of sp³-hybridized carbons (Fsp3) is 0.238. The summed E-state index contributed by atoms with van der Waals surface area (Å²) < 4.78 is 7.07. The molecule has 0 bridgehead atoms. The summed E-state index contributed by atoms with van der Waals surface area (Å²) in [6, 6.07) is 16.1. The van der Waals surface area contributed by atoms with Crippen molar-refractivity contribution in [3.05, 3.63) is 77.2 Å². The second kappa shape index (κ2) is 8.04. The highest BCUT2D eigenvalue weighted by atomic mass is 16.5. The van der Waals surface area contributed by atoms with Crippen molar-refractivity contribution < 1.29 is 9.53 Å². The zero-order valence-corrected chi connectivity index (χ0v) is 15.6. The summed E-state index contributed by atoms with van der Waals surface area (Å²) in [6.07, 6.45) is 4.67. The van der Waals surface area contributed by atoms with Gasteiger partial charge in [-0.25, -0.2) is 4.79 Å². The minimum absolute atomic E-state index is 0.324. The van der Waals surface area contributed by atoms with Crippen molar-refractivity contribution in [3.8, 4) is 0 Å². The van der Waals surface area contributed by atoms with Gasteiger partial charge in [0.1, 0.15) is 0 Å². The minimum Gasteiger partial charge on any atom is -0.465 e. The molecule has 28 heavy (non-hydrogen) atoms. The van der Waals surface area contributed by atoms with Gasteiger partial charge in [0, 0.05) is 30.1 Å². The first-order valence-electron chi connectivity index (χ1n) is 9.21. The first-order chi connectivity index (χ1) is 13.7. The molecule has 0 aliphatic rings. The molecule has 2 aromatic carbocycles. The van der Waals surface area contributed by atoms with Crippen molar-refractivity contribution in [3.63, 3.8) is 0 Å². The summed E-state index contributed by atoms with van der Waals surface area (Å²) in [5, 5.41) is 15.2. The number of nitrogens with zero attached hydrogens (tertiary/aromatic N) is 4. The molecule has 0 saturated heterocycles. The predicted molar refractivity (Wildman–Crippen MR) is 105 cm³/mol. The van der Waals surface area contributed by atoms with Gasteiger partial charge in [-0.2, -0.15) is 5.21 Å². The van der Waals surface area contributed by atoms with Crippen LogP contribution in [0, 0.1) is 0 Å². The number of nitrogens with one attached hydrogen (secondary N) is 1. The monoisotopic (exact) mass is 375 g/mol. The number of carbonyl (C=O) groups is 1. The van der Waals surface area contributed by atoms with Crippen LogP contribution in [0.2, 0.25) is 0 Å². The molecule has 1 N–H and O–H groups in total. The highest BCUT2D eigenvalue weighted by Gasteiger charge is 2.13. The zero-order chi connectivity index (χ0) is 19.3. The van der Waals surface area contributed by atoms with E-state index in [2.05, 4.69) is 55.7 Å². The second-order valence-electron chi connectivity index (χ2n) is 6.63. The number of hydrogen-bond acceptors (Lipinski definition) is 5. The van der Waals surface area contributed by atoms with Gasteiger partial charge in [0.15, 0.2) is 5.82 Å². The molecule has 2 heterocycles. The molecule has 0 atom stereocenters. The number of benzene rings is 2. The van der Waals surface area contributed by atoms with E-state index in [4.69, 9.17) is 4.74 Å². The number of ether oxygens (including phenoxy) is 1. The van der Waals surface area contributed by atoms with Crippen LogP contribution in [-0.2, 0) is 30.5 Å². The molecule has 0 spiro atoms. The fourth-order valence-corrected chi connectivity index (χ4v) is 3.43. The number of fused-ring (bicyclic) bond motifs is 1. The van der Waals surface area contributed by atoms with Crippen LogP contribution in [0.15, 0.2) is 54.7 Å². The van der Waals surface area contributed by atoms with Crippen LogP contribution in [0.1, 0.15) is 27.3 Å². The van der Waals surface area contributed by atoms with Crippen LogP contribution in [0.25, 0.3) is 10.9 Å². The van der Waals surface area contributed by atoms with Gasteiger partial charge in [-0.3, -0.25) is 0 Å². The van der Waals surface area contributed by atoms with Crippen LogP contribution in [0.5, 0.6) is 0 Å². The molecule has 0 fully saturated rings. The average Bonchev–Trinajstić information content (AvgIpc) is 3.38. The van der Waals surface area contributed by atoms with Gasteiger partial charge in [0.2, 0.25) is 0 Å². The Bertz CT molecular complexity index is 1070. The molecule has 2 aromatic heterocycles. The topological polar surface area (TPSA) is 85.7 Å². The Morgan fingerprint density at radius 3 is 2.71 bits per heavy atom. The third-order valence-corrected chi connectivity index (χ3v) is 4.88. The van der Waals surface area contributed by atoms with Crippen molar-refractivity contribution >= 4 is 16.9 Å². The largest absolute Gasteiger partial charge is 0.465 e. The molecule has 7 heteroatoms. The third kappa shape index (κ3) is 3.78. The standard InChI is InChI=1S/C21H21N5O2/c1-28-21(27)16-9-10-19-18(13-16)17(8-7-15-5-3-2-4-6-15)14-26(19)12-11-20-22-24-25-23-20/h2-6,9-10,13-14H,7-8,11-12H2,1H3,(H,22,23,24,25). The number of esters is 1. The quantitative estimate of drug-likeness (QED) is 0.502. The second-order valence-corrected chi connectivity index (χ2v) is 6.63. The number of hydrogen-bond donors (Lipinski definition) is 1. The Balaban J connectivity index is 1.65. The zero-order valence-electron chi connectivity index (χ0n) is 15.6. The van der Waals surface area contributed by atoms with E-state index in [0.717, 1.165) is 30.3 Å². The SMILES string of the molecule is COC(=O)c1ccc2c(c1)c(CCc1ccccc1)cn2CCc1nn[nH]n1. The molecule has 0 unspecified atom stereocenters. The molecule has 0 radical (unpaired) electrons. The summed E-state index contributed by atoms with van der Waals surface area (Å²) in [4.78, 5) is 12.0. The normalized spacial score (nSPS) is 11.0. The Morgan fingerprint density at radius 2 is 1.96 bits per heavy atom. The van der Waals surface area contributed by atoms with E-state index >= 15 is 0 Å². The summed E-state index contributed by atoms with van der Waals surface area (Å²) in [7, 11) is 1.40. The summed E-state index contributed by atoms with van der Waals surface area (Å²) >= 11 is 0. The lowest BCUT2D eigenvalue weighted by molar-refractivity contribution is 0.0601. The Hall–Kier alpha value is -3.48. The highest BCUT2D eigenvalue weighted by molar-refractivity contribution is 5.96. The minimum atomic E-state index is -0.324. The molecule has 0 amide bonds. The summed E-state index contributed by atoms with van der Waals surface area (Å²) in [5.74, 6) is 0.356. The molecule has 0 aliphatic heterocycles. The first kappa shape index (κ1) is 17.9. The van der Waals surface area contributed by atoms with Gasteiger partial charge < -0.3 is 9.30 Å². The number of tetrazole rings is 1. The van der Waals surface area contributed by atoms with E-state index in [1.54, 1.807) is 6.07 Å². The molecular formula is C21H21N5O2. The maximum Gasteiger partial charge on any atom is 0.337 e. The van der Waals surface area contributed by atoms with Gasteiger partial charge in [0.25, 0.3) is 0 Å².